The maximum absolute atomic E-state index is 13.1. The first-order valence-corrected chi connectivity index (χ1v) is 30.2. The zero-order valence-corrected chi connectivity index (χ0v) is 46.4. The van der Waals surface area contributed by atoms with Crippen LogP contribution in [0.25, 0.3) is 0 Å². The van der Waals surface area contributed by atoms with E-state index in [-0.39, 0.29) is 12.5 Å². The maximum Gasteiger partial charge on any atom is 0.220 e. The Labute approximate surface area is 442 Å². The summed E-state index contributed by atoms with van der Waals surface area (Å²) in [7, 11) is 0. The van der Waals surface area contributed by atoms with Crippen molar-refractivity contribution in [2.75, 3.05) is 13.2 Å². The minimum Gasteiger partial charge on any atom is -0.394 e. The first kappa shape index (κ1) is 67.6. The summed E-state index contributed by atoms with van der Waals surface area (Å²) in [6.07, 6.45) is 65.4. The zero-order chi connectivity index (χ0) is 52.2. The van der Waals surface area contributed by atoms with Crippen LogP contribution < -0.4 is 5.32 Å². The molecule has 7 atom stereocenters. The monoisotopic (exact) mass is 1010 g/mol. The van der Waals surface area contributed by atoms with E-state index in [1.165, 1.54) is 173 Å². The molecule has 1 aliphatic heterocycles. The number of nitrogens with one attached hydrogen (secondary N) is 1. The number of carbonyl (C=O) groups excluding carboxylic acids is 1. The molecule has 7 unspecified atom stereocenters. The fourth-order valence-electron chi connectivity index (χ4n) is 9.20. The van der Waals surface area contributed by atoms with Gasteiger partial charge in [0.1, 0.15) is 24.4 Å². The van der Waals surface area contributed by atoms with Gasteiger partial charge < -0.3 is 40.3 Å². The van der Waals surface area contributed by atoms with Crippen molar-refractivity contribution in [3.63, 3.8) is 0 Å². The molecule has 0 aromatic carbocycles. The molecule has 6 N–H and O–H groups in total. The number of rotatable bonds is 51. The van der Waals surface area contributed by atoms with Gasteiger partial charge in [-0.05, 0) is 83.5 Å². The molecule has 0 radical (unpaired) electrons. The van der Waals surface area contributed by atoms with E-state index in [0.717, 1.165) is 70.6 Å². The van der Waals surface area contributed by atoms with Crippen LogP contribution in [0, 0.1) is 0 Å². The molecule has 1 rings (SSSR count). The molecule has 1 heterocycles. The van der Waals surface area contributed by atoms with Gasteiger partial charge in [0.2, 0.25) is 5.91 Å². The summed E-state index contributed by atoms with van der Waals surface area (Å²) in [5.74, 6) is -0.198. The Balaban J connectivity index is 2.27. The van der Waals surface area contributed by atoms with Crippen molar-refractivity contribution >= 4 is 5.91 Å². The highest BCUT2D eigenvalue weighted by molar-refractivity contribution is 5.76. The second-order valence-electron chi connectivity index (χ2n) is 20.8. The van der Waals surface area contributed by atoms with Crippen molar-refractivity contribution in [1.82, 2.24) is 5.32 Å². The summed E-state index contributed by atoms with van der Waals surface area (Å²) in [4.78, 5) is 13.1. The standard InChI is InChI=1S/C63H113NO8/c1-3-5-7-9-11-13-15-17-19-21-23-25-27-28-29-31-32-34-36-38-40-42-44-46-48-50-52-57(66)56(55-71-63-62(70)61(69)60(68)58(54-65)72-63)64-59(67)53-51-49-47-45-43-41-39-37-35-33-30-26-24-22-20-18-16-14-12-10-8-6-4-2/h16,18,22,24,30,33-34,36,42,44,50,52,56-58,60-63,65-66,68-70H,3-15,17,19-21,23,25-29,31-32,35,37-41,43,45-49,51,53-55H2,1-2H3,(H,64,67)/b18-16-,24-22-,33-30-,36-34+,44-42+,52-50+. The number of hydrogen-bond donors (Lipinski definition) is 6. The third-order valence-electron chi connectivity index (χ3n) is 14.0. The number of aliphatic hydroxyl groups excluding tert-OH is 5. The van der Waals surface area contributed by atoms with Crippen LogP contribution in [0.1, 0.15) is 264 Å². The lowest BCUT2D eigenvalue weighted by atomic mass is 9.99. The van der Waals surface area contributed by atoms with Crippen LogP contribution in [-0.2, 0) is 14.3 Å². The van der Waals surface area contributed by atoms with E-state index in [1.807, 2.05) is 6.08 Å². The fraction of sp³-hybridized carbons (Fsp3) is 0.794. The van der Waals surface area contributed by atoms with Crippen LogP contribution in [0.4, 0.5) is 0 Å². The summed E-state index contributed by atoms with van der Waals surface area (Å²) in [6.45, 7) is 3.76. The number of unbranched alkanes of at least 4 members (excludes halogenated alkanes) is 31. The second-order valence-corrected chi connectivity index (χ2v) is 20.8. The van der Waals surface area contributed by atoms with Crippen molar-refractivity contribution in [3.8, 4) is 0 Å². The summed E-state index contributed by atoms with van der Waals surface area (Å²) in [6, 6.07) is -0.837. The van der Waals surface area contributed by atoms with E-state index < -0.39 is 49.5 Å². The number of aliphatic hydroxyl groups is 5. The predicted octanol–water partition coefficient (Wildman–Crippen LogP) is 15.2. The highest BCUT2D eigenvalue weighted by Gasteiger charge is 2.44. The van der Waals surface area contributed by atoms with E-state index in [0.29, 0.717) is 6.42 Å². The zero-order valence-electron chi connectivity index (χ0n) is 46.4. The molecule has 9 nitrogen and oxygen atoms in total. The van der Waals surface area contributed by atoms with E-state index >= 15 is 0 Å². The van der Waals surface area contributed by atoms with Crippen molar-refractivity contribution < 1.29 is 39.8 Å². The number of allylic oxidation sites excluding steroid dienone is 11. The quantitative estimate of drug-likeness (QED) is 0.0261. The first-order valence-electron chi connectivity index (χ1n) is 30.2. The molecule has 0 aromatic rings. The van der Waals surface area contributed by atoms with Gasteiger partial charge in [-0.1, -0.05) is 247 Å². The average Bonchev–Trinajstić information content (AvgIpc) is 3.38. The van der Waals surface area contributed by atoms with E-state index in [2.05, 4.69) is 79.9 Å². The van der Waals surface area contributed by atoms with Crippen molar-refractivity contribution in [1.29, 1.82) is 0 Å². The number of ether oxygens (including phenoxy) is 2. The van der Waals surface area contributed by atoms with Crippen LogP contribution in [-0.4, -0.2) is 87.5 Å². The molecule has 1 aliphatic rings. The predicted molar refractivity (Wildman–Crippen MR) is 304 cm³/mol. The Morgan fingerprint density at radius 3 is 1.26 bits per heavy atom. The molecule has 0 aliphatic carbocycles. The SMILES string of the molecule is CCCCCCC/C=C\C/C=C\C/C=C\CCCCCCCCCCC(=O)NC(COC1OC(CO)C(O)C(O)C1O)C(O)/C=C/CC/C=C/CC/C=C/CCCCCCCCCCCCCCCCCC. The lowest BCUT2D eigenvalue weighted by Gasteiger charge is -2.40. The highest BCUT2D eigenvalue weighted by atomic mass is 16.7. The molecule has 1 saturated heterocycles. The number of amides is 1. The van der Waals surface area contributed by atoms with Gasteiger partial charge in [-0.25, -0.2) is 0 Å². The third-order valence-corrected chi connectivity index (χ3v) is 14.0. The summed E-state index contributed by atoms with van der Waals surface area (Å²) >= 11 is 0. The number of carbonyl (C=O) groups is 1. The minimum atomic E-state index is -1.58. The molecular formula is C63H113NO8. The molecule has 418 valence electrons. The van der Waals surface area contributed by atoms with Gasteiger partial charge in [-0.15, -0.1) is 0 Å². The normalized spacial score (nSPS) is 19.7. The van der Waals surface area contributed by atoms with Crippen molar-refractivity contribution in [2.24, 2.45) is 0 Å². The van der Waals surface area contributed by atoms with E-state index in [9.17, 15) is 30.3 Å². The Kier molecular flexibility index (Phi) is 48.9. The number of hydrogen-bond acceptors (Lipinski definition) is 8. The maximum atomic E-state index is 13.1. The van der Waals surface area contributed by atoms with Crippen LogP contribution in [0.5, 0.6) is 0 Å². The molecule has 72 heavy (non-hydrogen) atoms. The van der Waals surface area contributed by atoms with Crippen LogP contribution >= 0.6 is 0 Å². The van der Waals surface area contributed by atoms with Crippen LogP contribution in [0.15, 0.2) is 72.9 Å². The van der Waals surface area contributed by atoms with Crippen molar-refractivity contribution in [2.45, 2.75) is 307 Å². The Morgan fingerprint density at radius 2 is 0.833 bits per heavy atom. The largest absolute Gasteiger partial charge is 0.394 e. The van der Waals surface area contributed by atoms with Gasteiger partial charge in [0, 0.05) is 6.42 Å². The molecule has 0 saturated carbocycles. The Bertz CT molecular complexity index is 1360. The molecule has 0 bridgehead atoms. The van der Waals surface area contributed by atoms with Crippen molar-refractivity contribution in [3.05, 3.63) is 72.9 Å². The molecule has 0 spiro atoms. The van der Waals surface area contributed by atoms with Gasteiger partial charge in [-0.2, -0.15) is 0 Å². The van der Waals surface area contributed by atoms with Crippen LogP contribution in [0.3, 0.4) is 0 Å². The first-order chi connectivity index (χ1) is 35.3. The van der Waals surface area contributed by atoms with Gasteiger partial charge >= 0.3 is 0 Å². The molecule has 1 amide bonds. The summed E-state index contributed by atoms with van der Waals surface area (Å²) in [5.41, 5.74) is 0. The topological polar surface area (TPSA) is 149 Å². The smallest absolute Gasteiger partial charge is 0.220 e. The van der Waals surface area contributed by atoms with E-state index in [4.69, 9.17) is 9.47 Å². The molecule has 0 aromatic heterocycles. The fourth-order valence-corrected chi connectivity index (χ4v) is 9.20. The van der Waals surface area contributed by atoms with Gasteiger partial charge in [0.15, 0.2) is 6.29 Å². The van der Waals surface area contributed by atoms with Crippen LogP contribution in [0.2, 0.25) is 0 Å². The highest BCUT2D eigenvalue weighted by Crippen LogP contribution is 2.23. The van der Waals surface area contributed by atoms with Gasteiger partial charge in [0.25, 0.3) is 0 Å². The molecule has 1 fully saturated rings. The average molecular weight is 1010 g/mol. The Hall–Kier alpha value is -2.37. The van der Waals surface area contributed by atoms with E-state index in [1.54, 1.807) is 6.08 Å². The summed E-state index contributed by atoms with van der Waals surface area (Å²) < 4.78 is 11.3. The lowest BCUT2D eigenvalue weighted by molar-refractivity contribution is -0.302. The summed E-state index contributed by atoms with van der Waals surface area (Å²) in [5, 5.41) is 54.5. The van der Waals surface area contributed by atoms with Gasteiger partial charge in [-0.3, -0.25) is 4.79 Å². The van der Waals surface area contributed by atoms with Gasteiger partial charge in [0.05, 0.1) is 25.4 Å². The molecule has 9 heteroatoms. The Morgan fingerprint density at radius 1 is 0.472 bits per heavy atom. The minimum absolute atomic E-state index is 0.198. The second kappa shape index (κ2) is 52.1. The third kappa shape index (κ3) is 40.9. The molecular weight excluding hydrogens is 899 g/mol. The lowest BCUT2D eigenvalue weighted by Crippen LogP contribution is -2.60.